The maximum absolute atomic E-state index is 5.43. The Morgan fingerprint density at radius 3 is 2.95 bits per heavy atom. The lowest BCUT2D eigenvalue weighted by molar-refractivity contribution is 0.400. The molecule has 2 aromatic heterocycles. The maximum Gasteiger partial charge on any atom is 0.161 e. The van der Waals surface area contributed by atoms with E-state index in [1.807, 2.05) is 11.7 Å². The molecular formula is C13H18IN3OS. The molecule has 1 atom stereocenters. The molecule has 0 radical (unpaired) electrons. The van der Waals surface area contributed by atoms with Crippen LogP contribution in [-0.4, -0.2) is 23.4 Å². The van der Waals surface area contributed by atoms with Crippen LogP contribution < -0.4 is 10.1 Å². The van der Waals surface area contributed by atoms with Crippen molar-refractivity contribution in [2.24, 2.45) is 7.05 Å². The van der Waals surface area contributed by atoms with Crippen molar-refractivity contribution in [2.45, 2.75) is 19.4 Å². The fourth-order valence-electron chi connectivity index (χ4n) is 2.05. The van der Waals surface area contributed by atoms with Gasteiger partial charge < -0.3 is 10.1 Å². The molecule has 104 valence electrons. The van der Waals surface area contributed by atoms with Crippen molar-refractivity contribution >= 4 is 33.9 Å². The van der Waals surface area contributed by atoms with E-state index in [0.717, 1.165) is 24.4 Å². The summed E-state index contributed by atoms with van der Waals surface area (Å²) in [5.41, 5.74) is 2.34. The van der Waals surface area contributed by atoms with Crippen LogP contribution in [0.3, 0.4) is 0 Å². The van der Waals surface area contributed by atoms with Crippen LogP contribution in [-0.2, 0) is 7.05 Å². The van der Waals surface area contributed by atoms with Gasteiger partial charge in [-0.05, 0) is 52.6 Å². The number of methoxy groups -OCH3 is 1. The van der Waals surface area contributed by atoms with Gasteiger partial charge in [0.15, 0.2) is 5.75 Å². The number of hydrogen-bond acceptors (Lipinski definition) is 4. The lowest BCUT2D eigenvalue weighted by Crippen LogP contribution is -2.25. The number of nitrogens with zero attached hydrogens (tertiary/aromatic N) is 2. The van der Waals surface area contributed by atoms with Gasteiger partial charge >= 0.3 is 0 Å². The predicted molar refractivity (Wildman–Crippen MR) is 86.9 cm³/mol. The van der Waals surface area contributed by atoms with E-state index >= 15 is 0 Å². The van der Waals surface area contributed by atoms with Gasteiger partial charge in [-0.3, -0.25) is 4.68 Å². The molecule has 0 saturated carbocycles. The first-order chi connectivity index (χ1) is 9.17. The highest BCUT2D eigenvalue weighted by Crippen LogP contribution is 2.32. The van der Waals surface area contributed by atoms with Gasteiger partial charge in [0.2, 0.25) is 0 Å². The molecule has 1 N–H and O–H groups in total. The van der Waals surface area contributed by atoms with Gasteiger partial charge in [-0.1, -0.05) is 6.92 Å². The molecule has 2 rings (SSSR count). The summed E-state index contributed by atoms with van der Waals surface area (Å²) in [5, 5.41) is 10.1. The van der Waals surface area contributed by atoms with Crippen LogP contribution in [0, 0.1) is 2.88 Å². The van der Waals surface area contributed by atoms with Crippen molar-refractivity contribution in [3.8, 4) is 5.75 Å². The monoisotopic (exact) mass is 391 g/mol. The highest BCUT2D eigenvalue weighted by Gasteiger charge is 2.22. The van der Waals surface area contributed by atoms with E-state index in [2.05, 4.69) is 51.4 Å². The lowest BCUT2D eigenvalue weighted by Gasteiger charge is -2.19. The second kappa shape index (κ2) is 6.71. The summed E-state index contributed by atoms with van der Waals surface area (Å²) in [7, 11) is 3.64. The van der Waals surface area contributed by atoms with E-state index < -0.39 is 0 Å². The minimum atomic E-state index is 0.127. The molecular weight excluding hydrogens is 373 g/mol. The van der Waals surface area contributed by atoms with Gasteiger partial charge in [-0.15, -0.1) is 11.3 Å². The Hall–Kier alpha value is -0.600. The average molecular weight is 391 g/mol. The minimum Gasteiger partial charge on any atom is -0.493 e. The molecule has 1 unspecified atom stereocenters. The fourth-order valence-corrected chi connectivity index (χ4v) is 3.45. The Bertz CT molecular complexity index is 538. The largest absolute Gasteiger partial charge is 0.493 e. The quantitative estimate of drug-likeness (QED) is 0.769. The van der Waals surface area contributed by atoms with E-state index in [9.17, 15) is 0 Å². The number of ether oxygens (including phenoxy) is 1. The van der Waals surface area contributed by atoms with Gasteiger partial charge in [-0.2, -0.15) is 5.10 Å². The molecule has 0 fully saturated rings. The number of thiophene rings is 1. The van der Waals surface area contributed by atoms with Crippen molar-refractivity contribution in [2.75, 3.05) is 13.7 Å². The first kappa shape index (κ1) is 14.8. The van der Waals surface area contributed by atoms with Crippen LogP contribution in [0.4, 0.5) is 0 Å². The number of halogens is 1. The highest BCUT2D eigenvalue weighted by molar-refractivity contribution is 14.1. The molecule has 0 aliphatic rings. The van der Waals surface area contributed by atoms with Crippen molar-refractivity contribution in [1.82, 2.24) is 15.1 Å². The van der Waals surface area contributed by atoms with Gasteiger partial charge in [0.25, 0.3) is 0 Å². The Morgan fingerprint density at radius 2 is 2.37 bits per heavy atom. The van der Waals surface area contributed by atoms with Crippen LogP contribution in [0.1, 0.15) is 30.6 Å². The smallest absolute Gasteiger partial charge is 0.161 e. The Morgan fingerprint density at radius 1 is 1.58 bits per heavy atom. The van der Waals surface area contributed by atoms with Crippen molar-refractivity contribution in [1.29, 1.82) is 0 Å². The molecule has 4 nitrogen and oxygen atoms in total. The summed E-state index contributed by atoms with van der Waals surface area (Å²) in [6.45, 7) is 3.13. The van der Waals surface area contributed by atoms with Crippen LogP contribution in [0.15, 0.2) is 17.6 Å². The zero-order valence-electron chi connectivity index (χ0n) is 11.3. The maximum atomic E-state index is 5.43. The number of nitrogens with one attached hydrogen (secondary N) is 1. The summed E-state index contributed by atoms with van der Waals surface area (Å²) in [4.78, 5) is 0. The first-order valence-electron chi connectivity index (χ1n) is 6.20. The third-order valence-corrected chi connectivity index (χ3v) is 4.77. The summed E-state index contributed by atoms with van der Waals surface area (Å²) in [5.74, 6) is 0.831. The van der Waals surface area contributed by atoms with Gasteiger partial charge in [0.1, 0.15) is 5.69 Å². The summed E-state index contributed by atoms with van der Waals surface area (Å²) in [6, 6.07) is 2.34. The summed E-state index contributed by atoms with van der Waals surface area (Å²) < 4.78 is 8.61. The van der Waals surface area contributed by atoms with E-state index in [1.54, 1.807) is 24.6 Å². The number of aryl methyl sites for hydroxylation is 1. The van der Waals surface area contributed by atoms with Gasteiger partial charge in [0.05, 0.1) is 22.2 Å². The summed E-state index contributed by atoms with van der Waals surface area (Å²) >= 11 is 4.11. The number of hydrogen-bond donors (Lipinski definition) is 1. The molecule has 0 spiro atoms. The predicted octanol–water partition coefficient (Wildman–Crippen LogP) is 3.18. The first-order valence-corrected chi connectivity index (χ1v) is 8.16. The zero-order valence-corrected chi connectivity index (χ0v) is 14.3. The Kier molecular flexibility index (Phi) is 5.23. The minimum absolute atomic E-state index is 0.127. The van der Waals surface area contributed by atoms with Crippen molar-refractivity contribution < 1.29 is 4.74 Å². The standard InChI is InChI=1S/C13H18IN3OS/c1-4-5-15-12(9-6-11(14)19-8-9)13-10(18-3)7-16-17(13)2/h6-8,12,15H,4-5H2,1-3H3. The lowest BCUT2D eigenvalue weighted by atomic mass is 10.1. The molecule has 0 bridgehead atoms. The topological polar surface area (TPSA) is 39.1 Å². The fraction of sp³-hybridized carbons (Fsp3) is 0.462. The van der Waals surface area contributed by atoms with Gasteiger partial charge in [-0.25, -0.2) is 0 Å². The van der Waals surface area contributed by atoms with Crippen molar-refractivity contribution in [3.05, 3.63) is 31.8 Å². The summed E-state index contributed by atoms with van der Waals surface area (Å²) in [6.07, 6.45) is 2.87. The van der Waals surface area contributed by atoms with Crippen LogP contribution in [0.25, 0.3) is 0 Å². The molecule has 0 aliphatic carbocycles. The van der Waals surface area contributed by atoms with E-state index in [4.69, 9.17) is 4.74 Å². The van der Waals surface area contributed by atoms with Crippen LogP contribution >= 0.6 is 33.9 Å². The second-order valence-electron chi connectivity index (χ2n) is 4.29. The van der Waals surface area contributed by atoms with Crippen LogP contribution in [0.5, 0.6) is 5.75 Å². The SMILES string of the molecule is CCCNC(c1csc(I)c1)c1c(OC)cnn1C. The van der Waals surface area contributed by atoms with E-state index in [1.165, 1.54) is 8.45 Å². The molecule has 2 aromatic rings. The third kappa shape index (κ3) is 3.29. The molecule has 6 heteroatoms. The molecule has 2 heterocycles. The Labute approximate surface area is 131 Å². The molecule has 0 amide bonds. The normalized spacial score (nSPS) is 12.6. The molecule has 0 saturated heterocycles. The number of rotatable bonds is 6. The molecule has 19 heavy (non-hydrogen) atoms. The second-order valence-corrected chi connectivity index (χ2v) is 7.10. The van der Waals surface area contributed by atoms with Crippen molar-refractivity contribution in [3.63, 3.8) is 0 Å². The molecule has 0 aromatic carbocycles. The molecule has 0 aliphatic heterocycles. The number of aromatic nitrogens is 2. The van der Waals surface area contributed by atoms with E-state index in [-0.39, 0.29) is 6.04 Å². The third-order valence-electron chi connectivity index (χ3n) is 2.96. The zero-order chi connectivity index (χ0) is 13.8. The highest BCUT2D eigenvalue weighted by atomic mass is 127. The Balaban J connectivity index is 2.39. The van der Waals surface area contributed by atoms with Crippen LogP contribution in [0.2, 0.25) is 0 Å². The van der Waals surface area contributed by atoms with Gasteiger partial charge in [0, 0.05) is 7.05 Å². The van der Waals surface area contributed by atoms with E-state index in [0.29, 0.717) is 0 Å². The average Bonchev–Trinajstić information content (AvgIpc) is 2.98.